The van der Waals surface area contributed by atoms with Gasteiger partial charge in [-0.3, -0.25) is 4.79 Å². The summed E-state index contributed by atoms with van der Waals surface area (Å²) >= 11 is 0. The first kappa shape index (κ1) is 16.5. The molecule has 0 aromatic heterocycles. The van der Waals surface area contributed by atoms with Crippen LogP contribution < -0.4 is 10.2 Å². The van der Waals surface area contributed by atoms with E-state index in [-0.39, 0.29) is 11.9 Å². The zero-order valence-corrected chi connectivity index (χ0v) is 13.3. The zero-order chi connectivity index (χ0) is 15.1. The molecule has 1 atom stereocenters. The number of benzene rings is 1. The van der Waals surface area contributed by atoms with Crippen LogP contribution in [0.5, 0.6) is 0 Å². The molecule has 0 saturated carbocycles. The lowest BCUT2D eigenvalue weighted by molar-refractivity contribution is -0.130. The fourth-order valence-corrected chi connectivity index (χ4v) is 2.16. The zero-order valence-electron chi connectivity index (χ0n) is 13.3. The minimum atomic E-state index is -0.160. The number of nitrogens with one attached hydrogen (secondary N) is 1. The van der Waals surface area contributed by atoms with E-state index in [0.29, 0.717) is 6.54 Å². The lowest BCUT2D eigenvalue weighted by Gasteiger charge is -2.21. The number of nitrogens with zero attached hydrogens (tertiary/aromatic N) is 2. The van der Waals surface area contributed by atoms with Gasteiger partial charge in [-0.05, 0) is 38.5 Å². The first-order valence-electron chi connectivity index (χ1n) is 7.28. The molecule has 4 nitrogen and oxygen atoms in total. The van der Waals surface area contributed by atoms with Gasteiger partial charge in [-0.1, -0.05) is 12.1 Å². The molecule has 0 spiro atoms. The van der Waals surface area contributed by atoms with Gasteiger partial charge in [0.2, 0.25) is 5.91 Å². The molecule has 0 aliphatic heterocycles. The van der Waals surface area contributed by atoms with Gasteiger partial charge in [0, 0.05) is 39.4 Å². The molecule has 112 valence electrons. The minimum Gasteiger partial charge on any atom is -0.372 e. The second-order valence-corrected chi connectivity index (χ2v) is 5.17. The van der Waals surface area contributed by atoms with E-state index in [4.69, 9.17) is 0 Å². The molecule has 1 N–H and O–H groups in total. The van der Waals surface area contributed by atoms with Crippen molar-refractivity contribution < 1.29 is 4.79 Å². The highest BCUT2D eigenvalue weighted by atomic mass is 16.2. The first-order chi connectivity index (χ1) is 9.49. The summed E-state index contributed by atoms with van der Waals surface area (Å²) in [5, 5.41) is 3.25. The fourth-order valence-electron chi connectivity index (χ4n) is 2.16. The monoisotopic (exact) mass is 277 g/mol. The van der Waals surface area contributed by atoms with Crippen molar-refractivity contribution in [2.75, 3.05) is 32.1 Å². The standard InChI is InChI=1S/C16H27N3O/c1-6-19(7-2)15-10-8-14(9-11-15)12-17-13(3)16(20)18(4)5/h8-11,13,17H,6-7,12H2,1-5H3. The summed E-state index contributed by atoms with van der Waals surface area (Å²) < 4.78 is 0. The van der Waals surface area contributed by atoms with Crippen LogP contribution in [0.2, 0.25) is 0 Å². The molecular formula is C16H27N3O. The summed E-state index contributed by atoms with van der Waals surface area (Å²) in [6, 6.07) is 8.36. The second-order valence-electron chi connectivity index (χ2n) is 5.17. The highest BCUT2D eigenvalue weighted by Crippen LogP contribution is 2.14. The van der Waals surface area contributed by atoms with Crippen molar-refractivity contribution in [3.05, 3.63) is 29.8 Å². The Hall–Kier alpha value is -1.55. The number of amides is 1. The van der Waals surface area contributed by atoms with Crippen LogP contribution in [0.4, 0.5) is 5.69 Å². The van der Waals surface area contributed by atoms with E-state index in [1.54, 1.807) is 19.0 Å². The van der Waals surface area contributed by atoms with Crippen LogP contribution >= 0.6 is 0 Å². The molecule has 0 aliphatic carbocycles. The predicted molar refractivity (Wildman–Crippen MR) is 85.0 cm³/mol. The summed E-state index contributed by atoms with van der Waals surface area (Å²) in [4.78, 5) is 15.7. The van der Waals surface area contributed by atoms with Crippen LogP contribution in [-0.2, 0) is 11.3 Å². The summed E-state index contributed by atoms with van der Waals surface area (Å²) in [6.45, 7) is 8.96. The van der Waals surface area contributed by atoms with Gasteiger partial charge in [0.1, 0.15) is 0 Å². The molecule has 0 fully saturated rings. The maximum absolute atomic E-state index is 11.7. The number of carbonyl (C=O) groups is 1. The maximum Gasteiger partial charge on any atom is 0.238 e. The Kier molecular flexibility index (Phi) is 6.52. The number of hydrogen-bond acceptors (Lipinski definition) is 3. The Morgan fingerprint density at radius 2 is 1.70 bits per heavy atom. The molecule has 1 unspecified atom stereocenters. The van der Waals surface area contributed by atoms with Crippen molar-refractivity contribution in [1.29, 1.82) is 0 Å². The van der Waals surface area contributed by atoms with Gasteiger partial charge in [0.25, 0.3) is 0 Å². The molecule has 0 heterocycles. The molecule has 1 aromatic carbocycles. The average molecular weight is 277 g/mol. The van der Waals surface area contributed by atoms with E-state index in [1.807, 2.05) is 6.92 Å². The van der Waals surface area contributed by atoms with Gasteiger partial charge < -0.3 is 15.1 Å². The van der Waals surface area contributed by atoms with Crippen molar-refractivity contribution in [2.24, 2.45) is 0 Å². The van der Waals surface area contributed by atoms with Crippen LogP contribution in [0, 0.1) is 0 Å². The van der Waals surface area contributed by atoms with E-state index < -0.39 is 0 Å². The topological polar surface area (TPSA) is 35.6 Å². The Labute approximate surface area is 122 Å². The van der Waals surface area contributed by atoms with Crippen LogP contribution in [-0.4, -0.2) is 44.0 Å². The van der Waals surface area contributed by atoms with Crippen LogP contribution in [0.1, 0.15) is 26.3 Å². The lowest BCUT2D eigenvalue weighted by Crippen LogP contribution is -2.41. The molecule has 0 saturated heterocycles. The Balaban J connectivity index is 2.56. The van der Waals surface area contributed by atoms with Crippen LogP contribution in [0.3, 0.4) is 0 Å². The van der Waals surface area contributed by atoms with Crippen molar-refractivity contribution in [3.63, 3.8) is 0 Å². The second kappa shape index (κ2) is 7.90. The number of rotatable bonds is 7. The molecule has 0 radical (unpaired) electrons. The highest BCUT2D eigenvalue weighted by Gasteiger charge is 2.13. The lowest BCUT2D eigenvalue weighted by atomic mass is 10.1. The van der Waals surface area contributed by atoms with Gasteiger partial charge in [0.15, 0.2) is 0 Å². The molecule has 1 amide bonds. The van der Waals surface area contributed by atoms with Gasteiger partial charge in [0.05, 0.1) is 6.04 Å². The Morgan fingerprint density at radius 3 is 2.15 bits per heavy atom. The van der Waals surface area contributed by atoms with Crippen molar-refractivity contribution >= 4 is 11.6 Å². The third kappa shape index (κ3) is 4.53. The number of anilines is 1. The quantitative estimate of drug-likeness (QED) is 0.829. The van der Waals surface area contributed by atoms with Gasteiger partial charge >= 0.3 is 0 Å². The molecule has 1 aromatic rings. The minimum absolute atomic E-state index is 0.102. The highest BCUT2D eigenvalue weighted by molar-refractivity contribution is 5.80. The predicted octanol–water partition coefficient (Wildman–Crippen LogP) is 2.10. The van der Waals surface area contributed by atoms with E-state index in [2.05, 4.69) is 48.3 Å². The first-order valence-corrected chi connectivity index (χ1v) is 7.28. The smallest absolute Gasteiger partial charge is 0.238 e. The molecule has 20 heavy (non-hydrogen) atoms. The third-order valence-corrected chi connectivity index (χ3v) is 3.49. The van der Waals surface area contributed by atoms with Gasteiger partial charge in [-0.25, -0.2) is 0 Å². The molecule has 0 aliphatic rings. The fraction of sp³-hybridized carbons (Fsp3) is 0.562. The van der Waals surface area contributed by atoms with Crippen LogP contribution in [0.15, 0.2) is 24.3 Å². The number of hydrogen-bond donors (Lipinski definition) is 1. The molecule has 4 heteroatoms. The van der Waals surface area contributed by atoms with Gasteiger partial charge in [-0.2, -0.15) is 0 Å². The van der Waals surface area contributed by atoms with Gasteiger partial charge in [-0.15, -0.1) is 0 Å². The van der Waals surface area contributed by atoms with Crippen LogP contribution in [0.25, 0.3) is 0 Å². The van der Waals surface area contributed by atoms with E-state index in [1.165, 1.54) is 11.3 Å². The largest absolute Gasteiger partial charge is 0.372 e. The van der Waals surface area contributed by atoms with E-state index in [9.17, 15) is 4.79 Å². The number of likely N-dealkylation sites (N-methyl/N-ethyl adjacent to an activating group) is 1. The summed E-state index contributed by atoms with van der Waals surface area (Å²) in [5.41, 5.74) is 2.44. The third-order valence-electron chi connectivity index (χ3n) is 3.49. The Bertz CT molecular complexity index is 410. The van der Waals surface area contributed by atoms with Crippen molar-refractivity contribution in [3.8, 4) is 0 Å². The van der Waals surface area contributed by atoms with E-state index >= 15 is 0 Å². The molecule has 1 rings (SSSR count). The Morgan fingerprint density at radius 1 is 1.15 bits per heavy atom. The summed E-state index contributed by atoms with van der Waals surface area (Å²) in [6.07, 6.45) is 0. The van der Waals surface area contributed by atoms with E-state index in [0.717, 1.165) is 13.1 Å². The molecule has 0 bridgehead atoms. The average Bonchev–Trinajstić information content (AvgIpc) is 2.46. The normalized spacial score (nSPS) is 12.1. The SMILES string of the molecule is CCN(CC)c1ccc(CNC(C)C(=O)N(C)C)cc1. The maximum atomic E-state index is 11.7. The number of carbonyl (C=O) groups excluding carboxylic acids is 1. The molecular weight excluding hydrogens is 250 g/mol. The summed E-state index contributed by atoms with van der Waals surface area (Å²) in [7, 11) is 3.55. The summed E-state index contributed by atoms with van der Waals surface area (Å²) in [5.74, 6) is 0.102. The van der Waals surface area contributed by atoms with Crippen molar-refractivity contribution in [2.45, 2.75) is 33.4 Å². The van der Waals surface area contributed by atoms with Crippen molar-refractivity contribution in [1.82, 2.24) is 10.2 Å².